The second-order valence-corrected chi connectivity index (χ2v) is 5.32. The van der Waals surface area contributed by atoms with Crippen LogP contribution in [-0.2, 0) is 0 Å². The summed E-state index contributed by atoms with van der Waals surface area (Å²) in [7, 11) is 3.34. The van der Waals surface area contributed by atoms with E-state index in [9.17, 15) is 0 Å². The van der Waals surface area contributed by atoms with E-state index < -0.39 is 0 Å². The zero-order valence-corrected chi connectivity index (χ0v) is 13.5. The average molecular weight is 305 g/mol. The van der Waals surface area contributed by atoms with Crippen molar-refractivity contribution in [2.75, 3.05) is 14.2 Å². The number of aromatic nitrogens is 1. The van der Waals surface area contributed by atoms with E-state index in [-0.39, 0.29) is 0 Å². The van der Waals surface area contributed by atoms with Gasteiger partial charge in [0.1, 0.15) is 11.5 Å². The maximum Gasteiger partial charge on any atom is 0.118 e. The van der Waals surface area contributed by atoms with Crippen molar-refractivity contribution in [2.24, 2.45) is 0 Å². The van der Waals surface area contributed by atoms with Gasteiger partial charge < -0.3 is 9.47 Å². The maximum atomic E-state index is 5.22. The molecule has 0 saturated heterocycles. The van der Waals surface area contributed by atoms with Gasteiger partial charge in [-0.2, -0.15) is 0 Å². The summed E-state index contributed by atoms with van der Waals surface area (Å²) in [6, 6.07) is 20.1. The molecular weight excluding hydrogens is 286 g/mol. The molecule has 116 valence electrons. The average Bonchev–Trinajstić information content (AvgIpc) is 2.62. The molecule has 3 aromatic rings. The molecule has 0 atom stereocenters. The van der Waals surface area contributed by atoms with Gasteiger partial charge in [-0.05, 0) is 67.1 Å². The van der Waals surface area contributed by atoms with Crippen LogP contribution in [0.2, 0.25) is 0 Å². The van der Waals surface area contributed by atoms with Crippen molar-refractivity contribution in [3.05, 3.63) is 66.2 Å². The van der Waals surface area contributed by atoms with E-state index >= 15 is 0 Å². The fourth-order valence-electron chi connectivity index (χ4n) is 2.49. The lowest BCUT2D eigenvalue weighted by Gasteiger charge is -2.10. The molecule has 0 saturated carbocycles. The third-order valence-electron chi connectivity index (χ3n) is 3.85. The van der Waals surface area contributed by atoms with Crippen molar-refractivity contribution >= 4 is 0 Å². The van der Waals surface area contributed by atoms with Crippen LogP contribution in [0.4, 0.5) is 0 Å². The lowest BCUT2D eigenvalue weighted by molar-refractivity contribution is 0.415. The molecule has 3 heteroatoms. The first-order chi connectivity index (χ1) is 11.2. The Hall–Kier alpha value is -2.81. The summed E-state index contributed by atoms with van der Waals surface area (Å²) in [5.41, 5.74) is 5.23. The fraction of sp³-hybridized carbons (Fsp3) is 0.150. The number of hydrogen-bond donors (Lipinski definition) is 0. The number of ether oxygens (including phenoxy) is 2. The third-order valence-corrected chi connectivity index (χ3v) is 3.85. The second kappa shape index (κ2) is 6.53. The molecule has 0 amide bonds. The smallest absolute Gasteiger partial charge is 0.118 e. The summed E-state index contributed by atoms with van der Waals surface area (Å²) in [4.78, 5) is 4.84. The fourth-order valence-corrected chi connectivity index (χ4v) is 2.49. The molecule has 1 heterocycles. The highest BCUT2D eigenvalue weighted by atomic mass is 16.5. The summed E-state index contributed by atoms with van der Waals surface area (Å²) in [6.07, 6.45) is 0. The van der Waals surface area contributed by atoms with Crippen LogP contribution < -0.4 is 9.47 Å². The van der Waals surface area contributed by atoms with Crippen molar-refractivity contribution in [1.82, 2.24) is 4.98 Å². The Morgan fingerprint density at radius 1 is 0.652 bits per heavy atom. The molecule has 3 nitrogen and oxygen atoms in total. The van der Waals surface area contributed by atoms with Gasteiger partial charge in [-0.25, -0.2) is 4.98 Å². The van der Waals surface area contributed by atoms with E-state index in [1.165, 1.54) is 0 Å². The zero-order valence-electron chi connectivity index (χ0n) is 13.5. The number of pyridine rings is 1. The molecule has 3 rings (SSSR count). The van der Waals surface area contributed by atoms with Gasteiger partial charge in [0.15, 0.2) is 0 Å². The van der Waals surface area contributed by atoms with Gasteiger partial charge in [0, 0.05) is 11.1 Å². The predicted octanol–water partition coefficient (Wildman–Crippen LogP) is 4.74. The number of hydrogen-bond acceptors (Lipinski definition) is 3. The number of nitrogens with zero attached hydrogens (tertiary/aromatic N) is 1. The lowest BCUT2D eigenvalue weighted by Crippen LogP contribution is -1.92. The van der Waals surface area contributed by atoms with Gasteiger partial charge in [-0.1, -0.05) is 6.07 Å². The summed E-state index contributed by atoms with van der Waals surface area (Å²) in [5, 5.41) is 0. The van der Waals surface area contributed by atoms with E-state index in [2.05, 4.69) is 13.0 Å². The first-order valence-electron chi connectivity index (χ1n) is 7.48. The van der Waals surface area contributed by atoms with Gasteiger partial charge in [0.05, 0.1) is 25.6 Å². The topological polar surface area (TPSA) is 31.4 Å². The van der Waals surface area contributed by atoms with Gasteiger partial charge in [-0.15, -0.1) is 0 Å². The van der Waals surface area contributed by atoms with Crippen molar-refractivity contribution in [3.63, 3.8) is 0 Å². The Balaban J connectivity index is 2.00. The van der Waals surface area contributed by atoms with Crippen molar-refractivity contribution in [1.29, 1.82) is 0 Å². The normalized spacial score (nSPS) is 10.4. The molecule has 0 unspecified atom stereocenters. The number of methoxy groups -OCH3 is 2. The van der Waals surface area contributed by atoms with E-state index in [1.807, 2.05) is 54.6 Å². The standard InChI is InChI=1S/C20H19NO2/c1-14-4-13-19(15-5-9-17(22-2)10-6-15)21-20(14)16-7-11-18(23-3)12-8-16/h4-13H,1-3H3. The zero-order chi connectivity index (χ0) is 16.2. The van der Waals surface area contributed by atoms with Gasteiger partial charge >= 0.3 is 0 Å². The van der Waals surface area contributed by atoms with Crippen LogP contribution in [0.1, 0.15) is 5.56 Å². The van der Waals surface area contributed by atoms with Crippen LogP contribution in [0, 0.1) is 6.92 Å². The number of rotatable bonds is 4. The second-order valence-electron chi connectivity index (χ2n) is 5.32. The van der Waals surface area contributed by atoms with Crippen LogP contribution >= 0.6 is 0 Å². The van der Waals surface area contributed by atoms with Crippen LogP contribution in [-0.4, -0.2) is 19.2 Å². The van der Waals surface area contributed by atoms with Crippen LogP contribution in [0.5, 0.6) is 11.5 Å². The summed E-state index contributed by atoms with van der Waals surface area (Å²) < 4.78 is 10.4. The van der Waals surface area contributed by atoms with Gasteiger partial charge in [-0.3, -0.25) is 0 Å². The molecule has 0 bridgehead atoms. The monoisotopic (exact) mass is 305 g/mol. The van der Waals surface area contributed by atoms with E-state index in [1.54, 1.807) is 14.2 Å². The van der Waals surface area contributed by atoms with E-state index in [4.69, 9.17) is 14.5 Å². The van der Waals surface area contributed by atoms with Crippen molar-refractivity contribution < 1.29 is 9.47 Å². The molecule has 0 aliphatic carbocycles. The highest BCUT2D eigenvalue weighted by molar-refractivity contribution is 5.69. The van der Waals surface area contributed by atoms with Crippen molar-refractivity contribution in [2.45, 2.75) is 6.92 Å². The van der Waals surface area contributed by atoms with Gasteiger partial charge in [0.2, 0.25) is 0 Å². The molecule has 0 N–H and O–H groups in total. The quantitative estimate of drug-likeness (QED) is 0.697. The molecule has 0 aliphatic heterocycles. The Morgan fingerprint density at radius 3 is 1.70 bits per heavy atom. The van der Waals surface area contributed by atoms with E-state index in [0.29, 0.717) is 0 Å². The van der Waals surface area contributed by atoms with Crippen LogP contribution in [0.15, 0.2) is 60.7 Å². The molecular formula is C20H19NO2. The Bertz CT molecular complexity index is 793. The SMILES string of the molecule is COc1ccc(-c2ccc(C)c(-c3ccc(OC)cc3)n2)cc1. The summed E-state index contributed by atoms with van der Waals surface area (Å²) in [5.74, 6) is 1.69. The minimum absolute atomic E-state index is 0.844. The Labute approximate surface area is 136 Å². The Kier molecular flexibility index (Phi) is 4.29. The molecule has 0 fully saturated rings. The molecule has 2 aromatic carbocycles. The minimum atomic E-state index is 0.844. The first kappa shape index (κ1) is 15.1. The molecule has 0 radical (unpaired) electrons. The largest absolute Gasteiger partial charge is 0.497 e. The minimum Gasteiger partial charge on any atom is -0.497 e. The van der Waals surface area contributed by atoms with Crippen LogP contribution in [0.3, 0.4) is 0 Å². The highest BCUT2D eigenvalue weighted by Crippen LogP contribution is 2.28. The summed E-state index contributed by atoms with van der Waals surface area (Å²) in [6.45, 7) is 2.07. The molecule has 0 spiro atoms. The number of aryl methyl sites for hydroxylation is 1. The Morgan fingerprint density at radius 2 is 1.17 bits per heavy atom. The third kappa shape index (κ3) is 3.19. The maximum absolute atomic E-state index is 5.22. The van der Waals surface area contributed by atoms with E-state index in [0.717, 1.165) is 39.6 Å². The van der Waals surface area contributed by atoms with Crippen molar-refractivity contribution in [3.8, 4) is 34.0 Å². The molecule has 0 aliphatic rings. The highest BCUT2D eigenvalue weighted by Gasteiger charge is 2.07. The number of benzene rings is 2. The molecule has 23 heavy (non-hydrogen) atoms. The first-order valence-corrected chi connectivity index (χ1v) is 7.48. The predicted molar refractivity (Wildman–Crippen MR) is 93.0 cm³/mol. The lowest BCUT2D eigenvalue weighted by atomic mass is 10.0. The van der Waals surface area contributed by atoms with Crippen LogP contribution in [0.25, 0.3) is 22.5 Å². The molecule has 1 aromatic heterocycles. The van der Waals surface area contributed by atoms with Gasteiger partial charge in [0.25, 0.3) is 0 Å². The summed E-state index contributed by atoms with van der Waals surface area (Å²) >= 11 is 0.